The Morgan fingerprint density at radius 3 is 2.70 bits per heavy atom. The number of nitriles is 1. The van der Waals surface area contributed by atoms with E-state index in [1.165, 1.54) is 19.6 Å². The van der Waals surface area contributed by atoms with E-state index in [4.69, 9.17) is 15.2 Å². The minimum Gasteiger partial charge on any atom is -0.493 e. The van der Waals surface area contributed by atoms with Gasteiger partial charge in [0.25, 0.3) is 11.8 Å². The Bertz CT molecular complexity index is 767. The van der Waals surface area contributed by atoms with Crippen molar-refractivity contribution in [2.75, 3.05) is 13.7 Å². The van der Waals surface area contributed by atoms with Gasteiger partial charge in [0.1, 0.15) is 11.6 Å². The van der Waals surface area contributed by atoms with Crippen molar-refractivity contribution in [1.82, 2.24) is 5.32 Å². The van der Waals surface area contributed by atoms with Gasteiger partial charge >= 0.3 is 0 Å². The Morgan fingerprint density at radius 2 is 2.07 bits per heavy atom. The molecule has 7 heteroatoms. The fourth-order valence-electron chi connectivity index (χ4n) is 3.13. The highest BCUT2D eigenvalue weighted by atomic mass is 16.5. The van der Waals surface area contributed by atoms with Crippen molar-refractivity contribution in [2.45, 2.75) is 38.6 Å². The lowest BCUT2D eigenvalue weighted by atomic mass is 9.86. The summed E-state index contributed by atoms with van der Waals surface area (Å²) >= 11 is 0. The first-order valence-electron chi connectivity index (χ1n) is 8.96. The number of hydrogen-bond donors (Lipinski definition) is 2. The van der Waals surface area contributed by atoms with Crippen LogP contribution in [0.5, 0.6) is 11.5 Å². The number of ether oxygens (including phenoxy) is 2. The normalized spacial score (nSPS) is 19.7. The largest absolute Gasteiger partial charge is 0.493 e. The number of benzene rings is 1. The molecule has 0 saturated heterocycles. The second-order valence-electron chi connectivity index (χ2n) is 6.68. The van der Waals surface area contributed by atoms with E-state index >= 15 is 0 Å². The van der Waals surface area contributed by atoms with E-state index in [0.717, 1.165) is 19.3 Å². The van der Waals surface area contributed by atoms with Gasteiger partial charge in [0.05, 0.1) is 7.11 Å². The number of methoxy groups -OCH3 is 1. The summed E-state index contributed by atoms with van der Waals surface area (Å²) in [4.78, 5) is 23.3. The van der Waals surface area contributed by atoms with E-state index in [-0.39, 0.29) is 24.1 Å². The molecule has 0 aliphatic heterocycles. The number of nitrogens with two attached hydrogens (primary N) is 1. The van der Waals surface area contributed by atoms with Crippen molar-refractivity contribution in [3.8, 4) is 17.6 Å². The summed E-state index contributed by atoms with van der Waals surface area (Å²) in [6.07, 6.45) is 5.79. The number of rotatable bonds is 7. The van der Waals surface area contributed by atoms with E-state index in [1.807, 2.05) is 6.07 Å². The minimum absolute atomic E-state index is 0.0284. The molecule has 7 nitrogen and oxygen atoms in total. The zero-order chi connectivity index (χ0) is 19.8. The summed E-state index contributed by atoms with van der Waals surface area (Å²) in [6.45, 7) is 1.85. The first-order chi connectivity index (χ1) is 12.9. The number of carbonyl (C=O) groups excluding carboxylic acids is 2. The van der Waals surface area contributed by atoms with Crippen LogP contribution in [0.3, 0.4) is 0 Å². The zero-order valence-corrected chi connectivity index (χ0v) is 15.7. The number of amides is 2. The van der Waals surface area contributed by atoms with Crippen molar-refractivity contribution < 1.29 is 19.1 Å². The van der Waals surface area contributed by atoms with Gasteiger partial charge in [0.15, 0.2) is 18.1 Å². The Hall–Kier alpha value is -3.01. The molecule has 1 saturated carbocycles. The number of nitrogens with one attached hydrogen (secondary N) is 1. The van der Waals surface area contributed by atoms with Crippen molar-refractivity contribution >= 4 is 17.9 Å². The van der Waals surface area contributed by atoms with Gasteiger partial charge in [-0.3, -0.25) is 9.59 Å². The molecule has 2 atom stereocenters. The number of nitrogens with zero attached hydrogens (tertiary/aromatic N) is 1. The second-order valence-corrected chi connectivity index (χ2v) is 6.68. The molecule has 0 aromatic heterocycles. The topological polar surface area (TPSA) is 114 Å². The van der Waals surface area contributed by atoms with Crippen LogP contribution in [0.25, 0.3) is 6.08 Å². The minimum atomic E-state index is -0.596. The maximum absolute atomic E-state index is 12.5. The number of primary amides is 1. The van der Waals surface area contributed by atoms with Crippen LogP contribution in [0.1, 0.15) is 38.2 Å². The second kappa shape index (κ2) is 9.62. The molecular weight excluding hydrogens is 346 g/mol. The maximum Gasteiger partial charge on any atom is 0.262 e. The van der Waals surface area contributed by atoms with Crippen molar-refractivity contribution in [3.63, 3.8) is 0 Å². The summed E-state index contributed by atoms with van der Waals surface area (Å²) in [5, 5.41) is 12.4. The molecule has 2 amide bonds. The number of hydrogen-bond acceptors (Lipinski definition) is 5. The smallest absolute Gasteiger partial charge is 0.262 e. The Kier molecular flexibility index (Phi) is 7.24. The Balaban J connectivity index is 2.14. The van der Waals surface area contributed by atoms with Crippen molar-refractivity contribution in [2.24, 2.45) is 11.7 Å². The van der Waals surface area contributed by atoms with Gasteiger partial charge in [-0.25, -0.2) is 0 Å². The summed E-state index contributed by atoms with van der Waals surface area (Å²) in [5.41, 5.74) is 5.71. The van der Waals surface area contributed by atoms with Crippen LogP contribution in [0.15, 0.2) is 23.8 Å². The third-order valence-electron chi connectivity index (χ3n) is 4.66. The van der Waals surface area contributed by atoms with Crippen LogP contribution in [0, 0.1) is 17.2 Å². The summed E-state index contributed by atoms with van der Waals surface area (Å²) in [7, 11) is 1.46. The van der Waals surface area contributed by atoms with Crippen LogP contribution in [0.2, 0.25) is 0 Å². The van der Waals surface area contributed by atoms with Gasteiger partial charge in [-0.2, -0.15) is 5.26 Å². The highest BCUT2D eigenvalue weighted by Gasteiger charge is 2.24. The molecule has 3 N–H and O–H groups in total. The Labute approximate surface area is 159 Å². The monoisotopic (exact) mass is 371 g/mol. The van der Waals surface area contributed by atoms with Gasteiger partial charge in [-0.15, -0.1) is 0 Å². The fourth-order valence-corrected chi connectivity index (χ4v) is 3.13. The Morgan fingerprint density at radius 1 is 1.33 bits per heavy atom. The lowest BCUT2D eigenvalue weighted by Crippen LogP contribution is -2.41. The standard InChI is InChI=1S/C20H25N3O4/c1-13-5-3-4-6-16(13)23-20(25)15(11-21)9-14-7-8-17(18(10-14)26-2)27-12-19(22)24/h7-10,13,16H,3-6,12H2,1-2H3,(H2,22,24)(H,23,25)/b15-9+/t13-,16-/m0/s1. The average Bonchev–Trinajstić information content (AvgIpc) is 2.66. The van der Waals surface area contributed by atoms with Gasteiger partial charge in [-0.1, -0.05) is 25.8 Å². The van der Waals surface area contributed by atoms with E-state index in [1.54, 1.807) is 18.2 Å². The molecular formula is C20H25N3O4. The van der Waals surface area contributed by atoms with Gasteiger partial charge in [-0.05, 0) is 42.5 Å². The maximum atomic E-state index is 12.5. The lowest BCUT2D eigenvalue weighted by Gasteiger charge is -2.29. The molecule has 0 radical (unpaired) electrons. The van der Waals surface area contributed by atoms with Gasteiger partial charge in [0.2, 0.25) is 0 Å². The molecule has 144 valence electrons. The average molecular weight is 371 g/mol. The molecule has 1 aromatic rings. The zero-order valence-electron chi connectivity index (χ0n) is 15.7. The summed E-state index contributed by atoms with van der Waals surface area (Å²) in [5.74, 6) is 0.172. The highest BCUT2D eigenvalue weighted by molar-refractivity contribution is 6.01. The van der Waals surface area contributed by atoms with Crippen molar-refractivity contribution in [1.29, 1.82) is 5.26 Å². The molecule has 0 bridgehead atoms. The first kappa shape index (κ1) is 20.3. The lowest BCUT2D eigenvalue weighted by molar-refractivity contribution is -0.120. The molecule has 0 unspecified atom stereocenters. The summed E-state index contributed by atoms with van der Waals surface area (Å²) in [6, 6.07) is 6.97. The molecule has 0 heterocycles. The third-order valence-corrected chi connectivity index (χ3v) is 4.66. The quantitative estimate of drug-likeness (QED) is 0.563. The SMILES string of the molecule is COc1cc(/C=C(\C#N)C(=O)N[C@H]2CCCC[C@@H]2C)ccc1OCC(N)=O. The fraction of sp³-hybridized carbons (Fsp3) is 0.450. The highest BCUT2D eigenvalue weighted by Crippen LogP contribution is 2.29. The predicted octanol–water partition coefficient (Wildman–Crippen LogP) is 2.16. The van der Waals surface area contributed by atoms with Crippen LogP contribution < -0.4 is 20.5 Å². The van der Waals surface area contributed by atoms with E-state index in [9.17, 15) is 14.9 Å². The van der Waals surface area contributed by atoms with E-state index < -0.39 is 5.91 Å². The van der Waals surface area contributed by atoms with E-state index in [0.29, 0.717) is 23.0 Å². The molecule has 1 aromatic carbocycles. The molecule has 2 rings (SSSR count). The third kappa shape index (κ3) is 5.74. The van der Waals surface area contributed by atoms with E-state index in [2.05, 4.69) is 12.2 Å². The van der Waals surface area contributed by atoms with Crippen LogP contribution in [0.4, 0.5) is 0 Å². The molecule has 27 heavy (non-hydrogen) atoms. The first-order valence-corrected chi connectivity index (χ1v) is 8.96. The molecule has 1 fully saturated rings. The van der Waals surface area contributed by atoms with Crippen LogP contribution >= 0.6 is 0 Å². The summed E-state index contributed by atoms with van der Waals surface area (Å²) < 4.78 is 10.5. The van der Waals surface area contributed by atoms with Crippen molar-refractivity contribution in [3.05, 3.63) is 29.3 Å². The number of carbonyl (C=O) groups is 2. The molecule has 1 aliphatic rings. The van der Waals surface area contributed by atoms with Gasteiger partial charge in [0, 0.05) is 6.04 Å². The molecule has 0 spiro atoms. The van der Waals surface area contributed by atoms with Crippen LogP contribution in [-0.2, 0) is 9.59 Å². The molecule has 1 aliphatic carbocycles. The van der Waals surface area contributed by atoms with Gasteiger partial charge < -0.3 is 20.5 Å². The predicted molar refractivity (Wildman–Crippen MR) is 101 cm³/mol. The van der Waals surface area contributed by atoms with Crippen LogP contribution in [-0.4, -0.2) is 31.6 Å².